The van der Waals surface area contributed by atoms with Crippen molar-refractivity contribution in [2.75, 3.05) is 4.72 Å². The third-order valence-electron chi connectivity index (χ3n) is 3.39. The first-order valence-corrected chi connectivity index (χ1v) is 8.70. The van der Waals surface area contributed by atoms with Crippen LogP contribution in [0, 0.1) is 37.3 Å². The summed E-state index contributed by atoms with van der Waals surface area (Å²) in [4.78, 5) is 29.6. The van der Waals surface area contributed by atoms with Gasteiger partial charge >= 0.3 is 5.69 Å². The number of anilines is 1. The van der Waals surface area contributed by atoms with Crippen LogP contribution in [-0.2, 0) is 10.0 Å². The van der Waals surface area contributed by atoms with Gasteiger partial charge in [-0.3, -0.25) is 35.1 Å². The van der Waals surface area contributed by atoms with Crippen molar-refractivity contribution in [3.05, 3.63) is 71.3 Å². The number of rotatable bonds is 6. The van der Waals surface area contributed by atoms with Crippen molar-refractivity contribution in [2.24, 2.45) is 0 Å². The van der Waals surface area contributed by atoms with Gasteiger partial charge < -0.3 is 0 Å². The van der Waals surface area contributed by atoms with E-state index in [1.165, 1.54) is 13.0 Å². The highest BCUT2D eigenvalue weighted by atomic mass is 35.5. The second-order valence-corrected chi connectivity index (χ2v) is 7.24. The average Bonchev–Trinajstić information content (AvgIpc) is 2.55. The van der Waals surface area contributed by atoms with Crippen LogP contribution in [0.5, 0.6) is 0 Å². The van der Waals surface area contributed by atoms with Crippen molar-refractivity contribution in [2.45, 2.75) is 11.8 Å². The molecule has 0 unspecified atom stereocenters. The molecule has 1 N–H and O–H groups in total. The number of nitrogens with one attached hydrogen (secondary N) is 1. The van der Waals surface area contributed by atoms with Gasteiger partial charge in [-0.2, -0.15) is 0 Å². The van der Waals surface area contributed by atoms with Gasteiger partial charge in [0, 0.05) is 17.7 Å². The zero-order valence-corrected chi connectivity index (χ0v) is 14.9. The number of aryl methyl sites for hydroxylation is 1. The summed E-state index contributed by atoms with van der Waals surface area (Å²) in [6.45, 7) is 1.40. The Labute approximate surface area is 155 Å². The van der Waals surface area contributed by atoms with Crippen LogP contribution in [0.25, 0.3) is 0 Å². The van der Waals surface area contributed by atoms with Crippen molar-refractivity contribution < 1.29 is 23.2 Å². The molecule has 0 aliphatic heterocycles. The SMILES string of the molecule is Cc1ccc(S(=O)(=O)Nc2c(Cl)cc([N+](=O)[O-])cc2[N+](=O)[O-])cc1[N+](=O)[O-]. The molecule has 0 fully saturated rings. The Morgan fingerprint density at radius 2 is 1.52 bits per heavy atom. The summed E-state index contributed by atoms with van der Waals surface area (Å²) in [7, 11) is -4.51. The minimum atomic E-state index is -4.51. The second-order valence-electron chi connectivity index (χ2n) is 5.15. The summed E-state index contributed by atoms with van der Waals surface area (Å²) in [6, 6.07) is 4.32. The lowest BCUT2D eigenvalue weighted by Gasteiger charge is -2.10. The molecule has 0 atom stereocenters. The van der Waals surface area contributed by atoms with E-state index in [-0.39, 0.29) is 5.56 Å². The number of sulfonamides is 1. The zero-order valence-electron chi connectivity index (χ0n) is 13.3. The van der Waals surface area contributed by atoms with Gasteiger partial charge in [0.2, 0.25) is 0 Å². The molecule has 0 aliphatic rings. The highest BCUT2D eigenvalue weighted by Gasteiger charge is 2.28. The van der Waals surface area contributed by atoms with Gasteiger partial charge in [0.1, 0.15) is 5.69 Å². The fourth-order valence-corrected chi connectivity index (χ4v) is 3.50. The summed E-state index contributed by atoms with van der Waals surface area (Å²) in [5, 5.41) is 32.4. The Balaban J connectivity index is 2.59. The Morgan fingerprint density at radius 1 is 0.926 bits per heavy atom. The topological polar surface area (TPSA) is 176 Å². The molecule has 0 saturated heterocycles. The summed E-state index contributed by atoms with van der Waals surface area (Å²) in [6.07, 6.45) is 0. The fraction of sp³-hybridized carbons (Fsp3) is 0.0769. The molecule has 2 aromatic carbocycles. The largest absolute Gasteiger partial charge is 0.301 e. The predicted octanol–water partition coefficient (Wildman–Crippen LogP) is 3.17. The van der Waals surface area contributed by atoms with Crippen LogP contribution >= 0.6 is 11.6 Å². The molecule has 142 valence electrons. The minimum absolute atomic E-state index is 0.207. The highest BCUT2D eigenvalue weighted by Crippen LogP contribution is 2.38. The Bertz CT molecular complexity index is 1090. The van der Waals surface area contributed by atoms with E-state index in [4.69, 9.17) is 11.6 Å². The van der Waals surface area contributed by atoms with Gasteiger partial charge in [-0.25, -0.2) is 8.42 Å². The summed E-state index contributed by atoms with van der Waals surface area (Å²) in [5.74, 6) is 0. The first-order chi connectivity index (χ1) is 12.4. The second kappa shape index (κ2) is 7.13. The zero-order chi connectivity index (χ0) is 20.5. The van der Waals surface area contributed by atoms with Crippen LogP contribution in [0.4, 0.5) is 22.7 Å². The molecule has 0 radical (unpaired) electrons. The molecular weight excluding hydrogens is 408 g/mol. The van der Waals surface area contributed by atoms with E-state index < -0.39 is 57.5 Å². The standard InChI is InChI=1S/C13H9ClN4O8S/c1-7-2-3-9(6-11(7)17(21)22)27(25,26)15-13-10(14)4-8(16(19)20)5-12(13)18(23)24/h2-6,15H,1H3. The third kappa shape index (κ3) is 4.09. The van der Waals surface area contributed by atoms with E-state index in [1.807, 2.05) is 4.72 Å². The van der Waals surface area contributed by atoms with E-state index in [9.17, 15) is 38.8 Å². The molecular formula is C13H9ClN4O8S. The van der Waals surface area contributed by atoms with Gasteiger partial charge in [0.05, 0.1) is 30.8 Å². The highest BCUT2D eigenvalue weighted by molar-refractivity contribution is 7.92. The van der Waals surface area contributed by atoms with Crippen LogP contribution in [0.1, 0.15) is 5.56 Å². The molecule has 0 aliphatic carbocycles. The number of hydrogen-bond acceptors (Lipinski definition) is 8. The van der Waals surface area contributed by atoms with Crippen LogP contribution in [0.3, 0.4) is 0 Å². The smallest absolute Gasteiger partial charge is 0.272 e. The normalized spacial score (nSPS) is 11.0. The molecule has 0 bridgehead atoms. The van der Waals surface area contributed by atoms with E-state index in [2.05, 4.69) is 0 Å². The molecule has 0 heterocycles. The van der Waals surface area contributed by atoms with E-state index >= 15 is 0 Å². The van der Waals surface area contributed by atoms with E-state index in [0.29, 0.717) is 6.07 Å². The number of halogens is 1. The lowest BCUT2D eigenvalue weighted by Crippen LogP contribution is -2.15. The van der Waals surface area contributed by atoms with Crippen LogP contribution in [-0.4, -0.2) is 23.2 Å². The number of nitro groups is 3. The van der Waals surface area contributed by atoms with Crippen molar-refractivity contribution >= 4 is 44.4 Å². The maximum atomic E-state index is 12.5. The van der Waals surface area contributed by atoms with Gasteiger partial charge in [-0.05, 0) is 13.0 Å². The Morgan fingerprint density at radius 3 is 2.04 bits per heavy atom. The van der Waals surface area contributed by atoms with Crippen LogP contribution in [0.2, 0.25) is 5.02 Å². The molecule has 2 rings (SSSR count). The maximum absolute atomic E-state index is 12.5. The Kier molecular flexibility index (Phi) is 5.28. The first-order valence-electron chi connectivity index (χ1n) is 6.84. The van der Waals surface area contributed by atoms with Crippen molar-refractivity contribution in [3.8, 4) is 0 Å². The average molecular weight is 417 g/mol. The number of hydrogen-bond donors (Lipinski definition) is 1. The summed E-state index contributed by atoms with van der Waals surface area (Å²) in [5.41, 5.74) is -2.61. The monoisotopic (exact) mass is 416 g/mol. The van der Waals surface area contributed by atoms with Crippen molar-refractivity contribution in [1.82, 2.24) is 0 Å². The van der Waals surface area contributed by atoms with Gasteiger partial charge in [-0.1, -0.05) is 17.7 Å². The van der Waals surface area contributed by atoms with Crippen molar-refractivity contribution in [3.63, 3.8) is 0 Å². The van der Waals surface area contributed by atoms with Crippen LogP contribution in [0.15, 0.2) is 35.2 Å². The molecule has 27 heavy (non-hydrogen) atoms. The number of benzene rings is 2. The van der Waals surface area contributed by atoms with Gasteiger partial charge in [0.25, 0.3) is 21.4 Å². The predicted molar refractivity (Wildman–Crippen MR) is 93.4 cm³/mol. The summed E-state index contributed by atoms with van der Waals surface area (Å²) < 4.78 is 26.8. The number of non-ortho nitro benzene ring substituents is 1. The summed E-state index contributed by atoms with van der Waals surface area (Å²) >= 11 is 5.78. The molecule has 2 aromatic rings. The van der Waals surface area contributed by atoms with E-state index in [1.54, 1.807) is 0 Å². The van der Waals surface area contributed by atoms with Gasteiger partial charge in [-0.15, -0.1) is 0 Å². The first kappa shape index (κ1) is 20.0. The van der Waals surface area contributed by atoms with Crippen LogP contribution < -0.4 is 4.72 Å². The van der Waals surface area contributed by atoms with Crippen molar-refractivity contribution in [1.29, 1.82) is 0 Å². The van der Waals surface area contributed by atoms with Gasteiger partial charge in [0.15, 0.2) is 0 Å². The molecule has 12 nitrogen and oxygen atoms in total. The van der Waals surface area contributed by atoms with E-state index in [0.717, 1.165) is 18.2 Å². The molecule has 0 spiro atoms. The molecule has 0 aromatic heterocycles. The fourth-order valence-electron chi connectivity index (χ4n) is 2.08. The minimum Gasteiger partial charge on any atom is -0.272 e. The molecule has 0 amide bonds. The lowest BCUT2D eigenvalue weighted by atomic mass is 10.2. The number of nitrogens with zero attached hydrogens (tertiary/aromatic N) is 3. The molecule has 14 heteroatoms. The quantitative estimate of drug-likeness (QED) is 0.551. The Hall–Kier alpha value is -3.32. The molecule has 0 saturated carbocycles. The lowest BCUT2D eigenvalue weighted by molar-refractivity contribution is -0.393. The third-order valence-corrected chi connectivity index (χ3v) is 5.03. The number of nitro benzene ring substituents is 3. The maximum Gasteiger partial charge on any atom is 0.301 e.